The zero-order valence-corrected chi connectivity index (χ0v) is 17.3. The van der Waals surface area contributed by atoms with Gasteiger partial charge in [-0.2, -0.15) is 0 Å². The first-order valence-corrected chi connectivity index (χ1v) is 9.72. The third-order valence-corrected chi connectivity index (χ3v) is 4.81. The first kappa shape index (κ1) is 20.3. The molecule has 158 valence electrons. The number of hydrogen-bond acceptors (Lipinski definition) is 6. The number of hydrogen-bond donors (Lipinski definition) is 0. The number of ether oxygens (including phenoxy) is 2. The molecule has 4 aromatic rings. The van der Waals surface area contributed by atoms with Crippen molar-refractivity contribution in [3.63, 3.8) is 0 Å². The van der Waals surface area contributed by atoms with Crippen molar-refractivity contribution < 1.29 is 23.2 Å². The second-order valence-electron chi connectivity index (χ2n) is 6.86. The van der Waals surface area contributed by atoms with E-state index < -0.39 is 0 Å². The van der Waals surface area contributed by atoms with E-state index in [-0.39, 0.29) is 12.5 Å². The third-order valence-electron chi connectivity index (χ3n) is 4.81. The molecule has 0 aliphatic carbocycles. The molecule has 0 aliphatic heterocycles. The van der Waals surface area contributed by atoms with Crippen LogP contribution in [0.4, 0.5) is 0 Å². The Balaban J connectivity index is 1.58. The van der Waals surface area contributed by atoms with Crippen molar-refractivity contribution in [2.75, 3.05) is 14.2 Å². The van der Waals surface area contributed by atoms with Crippen LogP contribution in [0.15, 0.2) is 81.9 Å². The Kier molecular flexibility index (Phi) is 6.03. The first-order valence-electron chi connectivity index (χ1n) is 9.72. The fraction of sp³-hybridized carbons (Fsp3) is 0.167. The molecule has 7 heteroatoms. The minimum absolute atomic E-state index is 0.118. The standard InChI is InChI=1S/C24H22N2O5/c1-28-21-11-10-18(13-23(21)29-2)22-14-19(25-31-22)15-26(16-20-9-6-12-30-20)24(27)17-7-4-3-5-8-17/h3-14H,15-16H2,1-2H3. The van der Waals surface area contributed by atoms with E-state index >= 15 is 0 Å². The van der Waals surface area contributed by atoms with Gasteiger partial charge < -0.3 is 23.3 Å². The summed E-state index contributed by atoms with van der Waals surface area (Å²) in [6.07, 6.45) is 1.59. The maximum absolute atomic E-state index is 13.1. The van der Waals surface area contributed by atoms with Crippen molar-refractivity contribution in [3.8, 4) is 22.8 Å². The summed E-state index contributed by atoms with van der Waals surface area (Å²) in [4.78, 5) is 14.8. The molecule has 0 N–H and O–H groups in total. The number of carbonyl (C=O) groups is 1. The van der Waals surface area contributed by atoms with Gasteiger partial charge in [-0.3, -0.25) is 4.79 Å². The molecule has 0 bridgehead atoms. The van der Waals surface area contributed by atoms with Gasteiger partial charge in [-0.05, 0) is 42.5 Å². The minimum atomic E-state index is -0.118. The molecule has 2 aromatic carbocycles. The van der Waals surface area contributed by atoms with Crippen LogP contribution in [0.2, 0.25) is 0 Å². The normalized spacial score (nSPS) is 10.6. The van der Waals surface area contributed by atoms with Crippen molar-refractivity contribution in [2.45, 2.75) is 13.1 Å². The van der Waals surface area contributed by atoms with Crippen molar-refractivity contribution in [2.24, 2.45) is 0 Å². The van der Waals surface area contributed by atoms with E-state index in [0.717, 1.165) is 5.56 Å². The molecule has 2 aromatic heterocycles. The molecule has 0 unspecified atom stereocenters. The summed E-state index contributed by atoms with van der Waals surface area (Å²) in [7, 11) is 3.16. The lowest BCUT2D eigenvalue weighted by atomic mass is 10.1. The van der Waals surface area contributed by atoms with Crippen LogP contribution in [-0.4, -0.2) is 30.2 Å². The molecule has 0 saturated carbocycles. The van der Waals surface area contributed by atoms with Gasteiger partial charge in [0.2, 0.25) is 0 Å². The van der Waals surface area contributed by atoms with Crippen LogP contribution >= 0.6 is 0 Å². The van der Waals surface area contributed by atoms with E-state index in [4.69, 9.17) is 18.4 Å². The van der Waals surface area contributed by atoms with E-state index in [2.05, 4.69) is 5.16 Å². The number of nitrogens with zero attached hydrogens (tertiary/aromatic N) is 2. The van der Waals surface area contributed by atoms with Crippen molar-refractivity contribution in [1.29, 1.82) is 0 Å². The number of aromatic nitrogens is 1. The summed E-state index contributed by atoms with van der Waals surface area (Å²) < 4.78 is 21.6. The maximum Gasteiger partial charge on any atom is 0.254 e. The SMILES string of the molecule is COc1ccc(-c2cc(CN(Cc3ccco3)C(=O)c3ccccc3)no2)cc1OC. The Morgan fingerprint density at radius 3 is 2.45 bits per heavy atom. The maximum atomic E-state index is 13.1. The van der Waals surface area contributed by atoms with Gasteiger partial charge in [0.05, 0.1) is 33.6 Å². The zero-order chi connectivity index (χ0) is 21.6. The van der Waals surface area contributed by atoms with Gasteiger partial charge in [0.25, 0.3) is 5.91 Å². The molecule has 0 radical (unpaired) electrons. The van der Waals surface area contributed by atoms with E-state index in [0.29, 0.717) is 40.8 Å². The van der Waals surface area contributed by atoms with Crippen LogP contribution in [-0.2, 0) is 13.1 Å². The summed E-state index contributed by atoms with van der Waals surface area (Å²) in [5.41, 5.74) is 2.02. The zero-order valence-electron chi connectivity index (χ0n) is 17.3. The molecule has 0 saturated heterocycles. The van der Waals surface area contributed by atoms with Crippen LogP contribution in [0.5, 0.6) is 11.5 Å². The molecule has 31 heavy (non-hydrogen) atoms. The molecular weight excluding hydrogens is 396 g/mol. The van der Waals surface area contributed by atoms with Crippen LogP contribution < -0.4 is 9.47 Å². The lowest BCUT2D eigenvalue weighted by Gasteiger charge is -2.20. The van der Waals surface area contributed by atoms with Gasteiger partial charge in [-0.25, -0.2) is 0 Å². The number of methoxy groups -OCH3 is 2. The Bertz CT molecular complexity index is 1140. The predicted octanol–water partition coefficient (Wildman–Crippen LogP) is 4.79. The average Bonchev–Trinajstić information content (AvgIpc) is 3.50. The number of furan rings is 1. The summed E-state index contributed by atoms with van der Waals surface area (Å²) in [6.45, 7) is 0.588. The van der Waals surface area contributed by atoms with Gasteiger partial charge in [-0.1, -0.05) is 23.4 Å². The Morgan fingerprint density at radius 2 is 1.74 bits per heavy atom. The number of carbonyl (C=O) groups excluding carboxylic acids is 1. The van der Waals surface area contributed by atoms with E-state index in [1.165, 1.54) is 0 Å². The van der Waals surface area contributed by atoms with Gasteiger partial charge in [0.1, 0.15) is 11.5 Å². The number of benzene rings is 2. The Hall–Kier alpha value is -4.00. The molecule has 0 atom stereocenters. The van der Waals surface area contributed by atoms with Gasteiger partial charge in [0, 0.05) is 17.2 Å². The molecule has 4 rings (SSSR count). The van der Waals surface area contributed by atoms with Gasteiger partial charge in [0.15, 0.2) is 17.3 Å². The van der Waals surface area contributed by atoms with Crippen molar-refractivity contribution in [1.82, 2.24) is 10.1 Å². The van der Waals surface area contributed by atoms with Crippen LogP contribution in [0.1, 0.15) is 21.8 Å². The second-order valence-corrected chi connectivity index (χ2v) is 6.86. The molecule has 2 heterocycles. The third kappa shape index (κ3) is 4.61. The number of amides is 1. The molecule has 7 nitrogen and oxygen atoms in total. The largest absolute Gasteiger partial charge is 0.493 e. The fourth-order valence-corrected chi connectivity index (χ4v) is 3.26. The second kappa shape index (κ2) is 9.21. The predicted molar refractivity (Wildman–Crippen MR) is 114 cm³/mol. The molecule has 0 spiro atoms. The smallest absolute Gasteiger partial charge is 0.254 e. The minimum Gasteiger partial charge on any atom is -0.493 e. The highest BCUT2D eigenvalue weighted by Gasteiger charge is 2.20. The highest BCUT2D eigenvalue weighted by atomic mass is 16.5. The highest BCUT2D eigenvalue weighted by Crippen LogP contribution is 2.32. The van der Waals surface area contributed by atoms with Crippen molar-refractivity contribution >= 4 is 5.91 Å². The summed E-state index contributed by atoms with van der Waals surface area (Å²) in [5.74, 6) is 2.36. The summed E-state index contributed by atoms with van der Waals surface area (Å²) >= 11 is 0. The fourth-order valence-electron chi connectivity index (χ4n) is 3.26. The van der Waals surface area contributed by atoms with E-state index in [1.807, 2.05) is 42.5 Å². The van der Waals surface area contributed by atoms with Crippen molar-refractivity contribution in [3.05, 3.63) is 90.0 Å². The van der Waals surface area contributed by atoms with Crippen LogP contribution in [0.25, 0.3) is 11.3 Å². The highest BCUT2D eigenvalue weighted by molar-refractivity contribution is 5.94. The quantitative estimate of drug-likeness (QED) is 0.409. The molecule has 0 fully saturated rings. The Morgan fingerprint density at radius 1 is 0.935 bits per heavy atom. The van der Waals surface area contributed by atoms with Crippen LogP contribution in [0.3, 0.4) is 0 Å². The molecular formula is C24H22N2O5. The molecule has 0 aliphatic rings. The van der Waals surface area contributed by atoms with Gasteiger partial charge in [-0.15, -0.1) is 0 Å². The number of rotatable bonds is 8. The van der Waals surface area contributed by atoms with Crippen LogP contribution in [0, 0.1) is 0 Å². The Labute approximate surface area is 179 Å². The van der Waals surface area contributed by atoms with E-state index in [1.54, 1.807) is 49.6 Å². The monoisotopic (exact) mass is 418 g/mol. The topological polar surface area (TPSA) is 77.9 Å². The summed E-state index contributed by atoms with van der Waals surface area (Å²) in [5, 5.41) is 4.16. The lowest BCUT2D eigenvalue weighted by Crippen LogP contribution is -2.30. The van der Waals surface area contributed by atoms with E-state index in [9.17, 15) is 4.79 Å². The average molecular weight is 418 g/mol. The first-order chi connectivity index (χ1) is 15.2. The lowest BCUT2D eigenvalue weighted by molar-refractivity contribution is 0.0713. The molecule has 1 amide bonds. The van der Waals surface area contributed by atoms with Gasteiger partial charge >= 0.3 is 0 Å². The summed E-state index contributed by atoms with van der Waals surface area (Å²) in [6, 6.07) is 20.1.